The average Bonchev–Trinajstić information content (AvgIpc) is 2.96. The van der Waals surface area contributed by atoms with E-state index in [0.29, 0.717) is 12.5 Å². The number of thiazole rings is 1. The van der Waals surface area contributed by atoms with Gasteiger partial charge in [-0.05, 0) is 45.2 Å². The van der Waals surface area contributed by atoms with Crippen molar-refractivity contribution in [2.24, 2.45) is 11.8 Å². The van der Waals surface area contributed by atoms with E-state index >= 15 is 0 Å². The summed E-state index contributed by atoms with van der Waals surface area (Å²) in [5.74, 6) is 0.912. The molecule has 0 aliphatic carbocycles. The van der Waals surface area contributed by atoms with Gasteiger partial charge >= 0.3 is 0 Å². The van der Waals surface area contributed by atoms with E-state index in [2.05, 4.69) is 29.0 Å². The first-order chi connectivity index (χ1) is 12.4. The maximum Gasteiger partial charge on any atom is 0.259 e. The number of piperidine rings is 1. The quantitative estimate of drug-likeness (QED) is 0.841. The van der Waals surface area contributed by atoms with Crippen molar-refractivity contribution < 1.29 is 4.79 Å². The van der Waals surface area contributed by atoms with Crippen molar-refractivity contribution in [1.82, 2.24) is 19.6 Å². The van der Waals surface area contributed by atoms with Crippen molar-refractivity contribution >= 4 is 22.2 Å². The number of rotatable bonds is 6. The van der Waals surface area contributed by atoms with Gasteiger partial charge in [0.25, 0.3) is 5.56 Å². The molecule has 1 aliphatic heterocycles. The number of carbonyl (C=O) groups excluding carboxylic acids is 1. The Morgan fingerprint density at radius 3 is 2.81 bits per heavy atom. The van der Waals surface area contributed by atoms with E-state index in [9.17, 15) is 9.59 Å². The lowest BCUT2D eigenvalue weighted by atomic mass is 9.95. The van der Waals surface area contributed by atoms with Crippen LogP contribution in [0.4, 0.5) is 0 Å². The van der Waals surface area contributed by atoms with Crippen molar-refractivity contribution in [3.8, 4) is 0 Å². The standard InChI is InChI=1S/C19H28N4O2S/c1-13(2)4-7-20-18(25)15-5-8-22(9-6-15)11-16-10-17(24)23-14(3)12-26-19(23)21-16/h10,12-13,15H,4-9,11H2,1-3H3,(H,20,25). The highest BCUT2D eigenvalue weighted by Gasteiger charge is 2.25. The molecule has 0 spiro atoms. The summed E-state index contributed by atoms with van der Waals surface area (Å²) in [7, 11) is 0. The fraction of sp³-hybridized carbons (Fsp3) is 0.632. The monoisotopic (exact) mass is 376 g/mol. The van der Waals surface area contributed by atoms with Crippen LogP contribution in [0.15, 0.2) is 16.2 Å². The summed E-state index contributed by atoms with van der Waals surface area (Å²) in [5.41, 5.74) is 1.73. The van der Waals surface area contributed by atoms with Crippen LogP contribution in [-0.2, 0) is 11.3 Å². The van der Waals surface area contributed by atoms with E-state index in [-0.39, 0.29) is 17.4 Å². The molecule has 3 rings (SSSR count). The summed E-state index contributed by atoms with van der Waals surface area (Å²) >= 11 is 1.50. The first-order valence-corrected chi connectivity index (χ1v) is 10.3. The second kappa shape index (κ2) is 8.31. The zero-order chi connectivity index (χ0) is 18.7. The molecule has 2 aromatic rings. The van der Waals surface area contributed by atoms with E-state index < -0.39 is 0 Å². The summed E-state index contributed by atoms with van der Waals surface area (Å²) in [6.07, 6.45) is 2.76. The third-order valence-corrected chi connectivity index (χ3v) is 5.94. The molecule has 6 nitrogen and oxygen atoms in total. The number of hydrogen-bond donors (Lipinski definition) is 1. The number of amides is 1. The Hall–Kier alpha value is -1.73. The Morgan fingerprint density at radius 1 is 1.38 bits per heavy atom. The summed E-state index contributed by atoms with van der Waals surface area (Å²) in [6, 6.07) is 1.64. The molecule has 142 valence electrons. The minimum atomic E-state index is -0.0110. The molecule has 26 heavy (non-hydrogen) atoms. The smallest absolute Gasteiger partial charge is 0.259 e. The van der Waals surface area contributed by atoms with Crippen LogP contribution >= 0.6 is 11.3 Å². The Morgan fingerprint density at radius 2 is 2.12 bits per heavy atom. The van der Waals surface area contributed by atoms with Gasteiger partial charge in [0, 0.05) is 36.1 Å². The zero-order valence-corrected chi connectivity index (χ0v) is 16.6. The highest BCUT2D eigenvalue weighted by molar-refractivity contribution is 7.15. The van der Waals surface area contributed by atoms with Crippen molar-refractivity contribution in [1.29, 1.82) is 0 Å². The molecule has 0 aromatic carbocycles. The Kier molecular flexibility index (Phi) is 6.09. The number of aryl methyl sites for hydroxylation is 1. The van der Waals surface area contributed by atoms with E-state index in [4.69, 9.17) is 0 Å². The second-order valence-electron chi connectivity index (χ2n) is 7.60. The van der Waals surface area contributed by atoms with Crippen molar-refractivity contribution in [2.75, 3.05) is 19.6 Å². The van der Waals surface area contributed by atoms with Crippen LogP contribution in [0, 0.1) is 18.8 Å². The lowest BCUT2D eigenvalue weighted by molar-refractivity contribution is -0.126. The molecule has 0 atom stereocenters. The molecule has 1 amide bonds. The summed E-state index contributed by atoms with van der Waals surface area (Å²) in [6.45, 7) is 9.43. The van der Waals surface area contributed by atoms with Crippen LogP contribution in [0.25, 0.3) is 4.96 Å². The summed E-state index contributed by atoms with van der Waals surface area (Å²) < 4.78 is 1.65. The number of aromatic nitrogens is 2. The normalized spacial score (nSPS) is 16.5. The molecule has 1 N–H and O–H groups in total. The van der Waals surface area contributed by atoms with Gasteiger partial charge in [0.05, 0.1) is 5.69 Å². The van der Waals surface area contributed by atoms with Gasteiger partial charge in [-0.15, -0.1) is 11.3 Å². The van der Waals surface area contributed by atoms with E-state index in [1.807, 2.05) is 12.3 Å². The molecule has 7 heteroatoms. The Labute approximate surface area is 158 Å². The topological polar surface area (TPSA) is 66.7 Å². The largest absolute Gasteiger partial charge is 0.356 e. The average molecular weight is 377 g/mol. The maximum atomic E-state index is 12.3. The van der Waals surface area contributed by atoms with Gasteiger partial charge in [-0.2, -0.15) is 0 Å². The Bertz CT molecular complexity index is 819. The minimum absolute atomic E-state index is 0.0110. The van der Waals surface area contributed by atoms with E-state index in [1.165, 1.54) is 11.3 Å². The molecule has 2 aromatic heterocycles. The van der Waals surface area contributed by atoms with Crippen LogP contribution in [0.5, 0.6) is 0 Å². The molecule has 0 saturated carbocycles. The number of carbonyl (C=O) groups is 1. The number of hydrogen-bond acceptors (Lipinski definition) is 5. The van der Waals surface area contributed by atoms with Crippen molar-refractivity contribution in [2.45, 2.75) is 46.6 Å². The maximum absolute atomic E-state index is 12.3. The zero-order valence-electron chi connectivity index (χ0n) is 15.8. The van der Waals surface area contributed by atoms with E-state index in [0.717, 1.165) is 55.2 Å². The van der Waals surface area contributed by atoms with Crippen molar-refractivity contribution in [3.05, 3.63) is 33.2 Å². The second-order valence-corrected chi connectivity index (χ2v) is 8.44. The van der Waals surface area contributed by atoms with Crippen LogP contribution in [0.3, 0.4) is 0 Å². The number of fused-ring (bicyclic) bond motifs is 1. The van der Waals surface area contributed by atoms with Crippen LogP contribution < -0.4 is 10.9 Å². The molecule has 1 saturated heterocycles. The molecule has 1 aliphatic rings. The van der Waals surface area contributed by atoms with Crippen LogP contribution in [0.2, 0.25) is 0 Å². The predicted molar refractivity (Wildman–Crippen MR) is 105 cm³/mol. The lowest BCUT2D eigenvalue weighted by Crippen LogP contribution is -2.40. The fourth-order valence-corrected chi connectivity index (χ4v) is 4.28. The number of likely N-dealkylation sites (tertiary alicyclic amines) is 1. The molecular formula is C19H28N4O2S. The molecule has 3 heterocycles. The molecular weight excluding hydrogens is 348 g/mol. The van der Waals surface area contributed by atoms with Gasteiger partial charge in [0.1, 0.15) is 0 Å². The minimum Gasteiger partial charge on any atom is -0.356 e. The molecule has 0 radical (unpaired) electrons. The third-order valence-electron chi connectivity index (χ3n) is 4.99. The van der Waals surface area contributed by atoms with Gasteiger partial charge in [-0.1, -0.05) is 13.8 Å². The van der Waals surface area contributed by atoms with Gasteiger partial charge in [0.15, 0.2) is 4.96 Å². The molecule has 0 bridgehead atoms. The SMILES string of the molecule is Cc1csc2nc(CN3CCC(C(=O)NCCC(C)C)CC3)cc(=O)n12. The van der Waals surface area contributed by atoms with Crippen LogP contribution in [-0.4, -0.2) is 39.8 Å². The van der Waals surface area contributed by atoms with Gasteiger partial charge in [0.2, 0.25) is 5.91 Å². The van der Waals surface area contributed by atoms with Gasteiger partial charge < -0.3 is 5.32 Å². The molecule has 0 unspecified atom stereocenters. The first kappa shape index (κ1) is 19.0. The first-order valence-electron chi connectivity index (χ1n) is 9.41. The summed E-state index contributed by atoms with van der Waals surface area (Å²) in [4.78, 5) is 32.2. The number of nitrogens with zero attached hydrogens (tertiary/aromatic N) is 3. The third kappa shape index (κ3) is 4.51. The van der Waals surface area contributed by atoms with Gasteiger partial charge in [-0.25, -0.2) is 4.98 Å². The molecule has 1 fully saturated rings. The lowest BCUT2D eigenvalue weighted by Gasteiger charge is -2.31. The highest BCUT2D eigenvalue weighted by atomic mass is 32.1. The van der Waals surface area contributed by atoms with Crippen LogP contribution in [0.1, 0.15) is 44.5 Å². The predicted octanol–water partition coefficient (Wildman–Crippen LogP) is 2.44. The van der Waals surface area contributed by atoms with Gasteiger partial charge in [-0.3, -0.25) is 18.9 Å². The van der Waals surface area contributed by atoms with Crippen molar-refractivity contribution in [3.63, 3.8) is 0 Å². The Balaban J connectivity index is 1.53. The number of nitrogens with one attached hydrogen (secondary N) is 1. The highest BCUT2D eigenvalue weighted by Crippen LogP contribution is 2.19. The fourth-order valence-electron chi connectivity index (χ4n) is 3.39. The van der Waals surface area contributed by atoms with E-state index in [1.54, 1.807) is 10.5 Å². The summed E-state index contributed by atoms with van der Waals surface area (Å²) in [5, 5.41) is 5.02.